The zero-order valence-electron chi connectivity index (χ0n) is 7.51. The Labute approximate surface area is 87.8 Å². The molecule has 15 heavy (non-hydrogen) atoms. The van der Waals surface area contributed by atoms with Crippen molar-refractivity contribution >= 4 is 16.8 Å². The van der Waals surface area contributed by atoms with E-state index in [4.69, 9.17) is 11.6 Å². The van der Waals surface area contributed by atoms with Crippen molar-refractivity contribution in [2.45, 2.75) is 6.43 Å². The molecule has 7 heteroatoms. The van der Waals surface area contributed by atoms with E-state index in [2.05, 4.69) is 4.74 Å². The van der Waals surface area contributed by atoms with Crippen LogP contribution in [0.4, 0.5) is 8.78 Å². The largest absolute Gasteiger partial charge is 0.496 e. The van der Waals surface area contributed by atoms with Gasteiger partial charge in [0.15, 0.2) is 0 Å². The van der Waals surface area contributed by atoms with E-state index in [9.17, 15) is 18.4 Å². The minimum atomic E-state index is -2.86. The fourth-order valence-electron chi connectivity index (χ4n) is 1.02. The third-order valence-electron chi connectivity index (χ3n) is 1.67. The van der Waals surface area contributed by atoms with Gasteiger partial charge in [0.05, 0.1) is 12.8 Å². The molecule has 1 rings (SSSR count). The topological polar surface area (TPSA) is 59.2 Å². The second-order valence-corrected chi connectivity index (χ2v) is 2.91. The quantitative estimate of drug-likeness (QED) is 0.814. The van der Waals surface area contributed by atoms with E-state index in [1.807, 2.05) is 4.98 Å². The summed E-state index contributed by atoms with van der Waals surface area (Å²) in [5.74, 6) is -0.269. The van der Waals surface area contributed by atoms with Gasteiger partial charge in [-0.25, -0.2) is 8.78 Å². The second kappa shape index (κ2) is 4.39. The summed E-state index contributed by atoms with van der Waals surface area (Å²) < 4.78 is 29.1. The zero-order chi connectivity index (χ0) is 11.6. The maximum atomic E-state index is 12.3. The van der Waals surface area contributed by atoms with Gasteiger partial charge in [0.1, 0.15) is 11.3 Å². The molecule has 1 aromatic heterocycles. The molecule has 0 bridgehead atoms. The Kier molecular flexibility index (Phi) is 3.41. The number of H-pyrrole nitrogens is 1. The number of nitrogens with one attached hydrogen (secondary N) is 1. The predicted octanol–water partition coefficient (Wildman–Crippen LogP) is 1.70. The van der Waals surface area contributed by atoms with Crippen LogP contribution in [-0.2, 0) is 0 Å². The third-order valence-corrected chi connectivity index (χ3v) is 1.86. The predicted molar refractivity (Wildman–Crippen MR) is 48.8 cm³/mol. The number of aromatic amines is 1. The first kappa shape index (κ1) is 11.6. The molecule has 0 amide bonds. The minimum Gasteiger partial charge on any atom is -0.496 e. The van der Waals surface area contributed by atoms with Gasteiger partial charge in [-0.1, -0.05) is 0 Å². The summed E-state index contributed by atoms with van der Waals surface area (Å²) >= 11 is 5.10. The molecule has 0 fully saturated rings. The fraction of sp³-hybridized carbons (Fsp3) is 0.250. The Bertz CT molecular complexity index is 444. The van der Waals surface area contributed by atoms with Crippen LogP contribution in [-0.4, -0.2) is 17.3 Å². The van der Waals surface area contributed by atoms with E-state index in [-0.39, 0.29) is 5.75 Å². The summed E-state index contributed by atoms with van der Waals surface area (Å²) in [6.07, 6.45) is -2.86. The number of rotatable bonds is 3. The highest BCUT2D eigenvalue weighted by Gasteiger charge is 2.19. The molecule has 0 aliphatic heterocycles. The van der Waals surface area contributed by atoms with Gasteiger partial charge in [0.2, 0.25) is 0 Å². The number of ether oxygens (including phenoxy) is 1. The molecule has 0 aliphatic carbocycles. The maximum Gasteiger partial charge on any atom is 0.278 e. The molecular weight excluding hydrogens is 232 g/mol. The number of hydrogen-bond donors (Lipinski definition) is 1. The molecule has 0 aliphatic rings. The van der Waals surface area contributed by atoms with Crippen molar-refractivity contribution in [2.75, 3.05) is 7.11 Å². The van der Waals surface area contributed by atoms with E-state index < -0.39 is 28.5 Å². The SMILES string of the molecule is COc1cc(C(F)F)[nH]c(=O)c1C(=O)Cl. The lowest BCUT2D eigenvalue weighted by Gasteiger charge is -2.06. The smallest absolute Gasteiger partial charge is 0.278 e. The molecule has 1 N–H and O–H groups in total. The summed E-state index contributed by atoms with van der Waals surface area (Å²) in [5.41, 5.74) is -2.10. The highest BCUT2D eigenvalue weighted by molar-refractivity contribution is 6.68. The first-order valence-electron chi connectivity index (χ1n) is 3.76. The number of methoxy groups -OCH3 is 1. The second-order valence-electron chi connectivity index (χ2n) is 2.57. The first-order valence-corrected chi connectivity index (χ1v) is 4.14. The summed E-state index contributed by atoms with van der Waals surface area (Å²) in [4.78, 5) is 23.8. The van der Waals surface area contributed by atoms with Crippen LogP contribution in [0.5, 0.6) is 5.75 Å². The first-order chi connectivity index (χ1) is 6.97. The molecule has 0 radical (unpaired) electrons. The number of alkyl halides is 2. The van der Waals surface area contributed by atoms with Gasteiger partial charge < -0.3 is 9.72 Å². The Morgan fingerprint density at radius 3 is 2.60 bits per heavy atom. The average Bonchev–Trinajstić information content (AvgIpc) is 2.15. The van der Waals surface area contributed by atoms with E-state index >= 15 is 0 Å². The van der Waals surface area contributed by atoms with Crippen LogP contribution in [0.3, 0.4) is 0 Å². The normalized spacial score (nSPS) is 10.5. The molecule has 1 heterocycles. The Morgan fingerprint density at radius 2 is 2.20 bits per heavy atom. The number of hydrogen-bond acceptors (Lipinski definition) is 3. The van der Waals surface area contributed by atoms with Gasteiger partial charge >= 0.3 is 0 Å². The lowest BCUT2D eigenvalue weighted by Crippen LogP contribution is -2.18. The van der Waals surface area contributed by atoms with Crippen LogP contribution in [0, 0.1) is 0 Å². The van der Waals surface area contributed by atoms with E-state index in [1.54, 1.807) is 0 Å². The fourth-order valence-corrected chi connectivity index (χ4v) is 1.20. The maximum absolute atomic E-state index is 12.3. The number of carbonyl (C=O) groups is 1. The average molecular weight is 238 g/mol. The van der Waals surface area contributed by atoms with Crippen molar-refractivity contribution in [1.82, 2.24) is 4.98 Å². The molecule has 0 saturated carbocycles. The lowest BCUT2D eigenvalue weighted by molar-refractivity contribution is 0.107. The van der Waals surface area contributed by atoms with Crippen LogP contribution >= 0.6 is 11.6 Å². The van der Waals surface area contributed by atoms with Crippen molar-refractivity contribution in [3.05, 3.63) is 27.7 Å². The molecule has 0 spiro atoms. The summed E-state index contributed by atoms with van der Waals surface area (Å²) in [6.45, 7) is 0. The van der Waals surface area contributed by atoms with E-state index in [0.717, 1.165) is 13.2 Å². The summed E-state index contributed by atoms with van der Waals surface area (Å²) in [5, 5.41) is -1.06. The van der Waals surface area contributed by atoms with Gasteiger partial charge in [0, 0.05) is 6.07 Å². The molecule has 1 aromatic rings. The van der Waals surface area contributed by atoms with Gasteiger partial charge in [-0.05, 0) is 11.6 Å². The van der Waals surface area contributed by atoms with Gasteiger partial charge in [-0.3, -0.25) is 9.59 Å². The molecule has 0 aromatic carbocycles. The van der Waals surface area contributed by atoms with Crippen LogP contribution in [0.15, 0.2) is 10.9 Å². The van der Waals surface area contributed by atoms with Crippen LogP contribution < -0.4 is 10.3 Å². The Morgan fingerprint density at radius 1 is 1.60 bits per heavy atom. The highest BCUT2D eigenvalue weighted by Crippen LogP contribution is 2.22. The van der Waals surface area contributed by atoms with Crippen molar-refractivity contribution in [2.24, 2.45) is 0 Å². The van der Waals surface area contributed by atoms with Crippen LogP contribution in [0.1, 0.15) is 22.5 Å². The summed E-state index contributed by atoms with van der Waals surface area (Å²) in [6, 6.07) is 0.863. The van der Waals surface area contributed by atoms with E-state index in [0.29, 0.717) is 0 Å². The highest BCUT2D eigenvalue weighted by atomic mass is 35.5. The number of pyridine rings is 1. The molecule has 82 valence electrons. The number of halogens is 3. The number of aromatic nitrogens is 1. The van der Waals surface area contributed by atoms with Crippen molar-refractivity contribution in [3.63, 3.8) is 0 Å². The molecule has 4 nitrogen and oxygen atoms in total. The third kappa shape index (κ3) is 2.33. The van der Waals surface area contributed by atoms with Gasteiger partial charge in [-0.15, -0.1) is 0 Å². The Balaban J connectivity index is 3.44. The monoisotopic (exact) mass is 237 g/mol. The Hall–Kier alpha value is -1.43. The van der Waals surface area contributed by atoms with Crippen molar-refractivity contribution < 1.29 is 18.3 Å². The number of carbonyl (C=O) groups excluding carboxylic acids is 1. The standard InChI is InChI=1S/C8H6ClF2NO3/c1-15-4-2-3(7(10)11)12-8(14)5(4)6(9)13/h2,7H,1H3,(H,12,14). The molecule has 0 unspecified atom stereocenters. The molecule has 0 saturated heterocycles. The van der Waals surface area contributed by atoms with E-state index in [1.165, 1.54) is 0 Å². The molecular formula is C8H6ClF2NO3. The van der Waals surface area contributed by atoms with Crippen molar-refractivity contribution in [1.29, 1.82) is 0 Å². The van der Waals surface area contributed by atoms with Crippen molar-refractivity contribution in [3.8, 4) is 5.75 Å². The lowest BCUT2D eigenvalue weighted by atomic mass is 10.2. The van der Waals surface area contributed by atoms with Gasteiger partial charge in [0.25, 0.3) is 17.2 Å². The minimum absolute atomic E-state index is 0.269. The van der Waals surface area contributed by atoms with Crippen LogP contribution in [0.25, 0.3) is 0 Å². The van der Waals surface area contributed by atoms with Gasteiger partial charge in [-0.2, -0.15) is 0 Å². The zero-order valence-corrected chi connectivity index (χ0v) is 8.27. The summed E-state index contributed by atoms with van der Waals surface area (Å²) in [7, 11) is 1.15. The van der Waals surface area contributed by atoms with Crippen LogP contribution in [0.2, 0.25) is 0 Å². The molecule has 0 atom stereocenters.